The van der Waals surface area contributed by atoms with Crippen molar-refractivity contribution in [1.29, 1.82) is 0 Å². The molecule has 0 aliphatic rings. The molecule has 0 atom stereocenters. The molecule has 0 N–H and O–H groups in total. The maximum Gasteiger partial charge on any atom is 0.230 e. The van der Waals surface area contributed by atoms with Crippen molar-refractivity contribution in [2.24, 2.45) is 0 Å². The Labute approximate surface area is 108 Å². The highest BCUT2D eigenvalue weighted by atomic mass is 35.5. The molecule has 0 spiro atoms. The summed E-state index contributed by atoms with van der Waals surface area (Å²) in [4.78, 5) is 15.3. The lowest BCUT2D eigenvalue weighted by Gasteiger charge is -2.08. The summed E-state index contributed by atoms with van der Waals surface area (Å²) in [6.45, 7) is 1.39. The number of benzene rings is 1. The van der Waals surface area contributed by atoms with Gasteiger partial charge in [-0.05, 0) is 37.3 Å². The van der Waals surface area contributed by atoms with Crippen LogP contribution in [0.5, 0.6) is 11.6 Å². The Morgan fingerprint density at radius 3 is 2.83 bits per heavy atom. The number of rotatable bonds is 3. The van der Waals surface area contributed by atoms with E-state index in [1.807, 2.05) is 0 Å². The van der Waals surface area contributed by atoms with E-state index in [1.54, 1.807) is 12.1 Å². The van der Waals surface area contributed by atoms with Gasteiger partial charge in [-0.25, -0.2) is 9.37 Å². The first-order chi connectivity index (χ1) is 8.58. The summed E-state index contributed by atoms with van der Waals surface area (Å²) in [7, 11) is 0. The SMILES string of the molecule is CC(=O)c1cccnc1Oc1ccc(Cl)cc1F. The van der Waals surface area contributed by atoms with E-state index >= 15 is 0 Å². The lowest BCUT2D eigenvalue weighted by atomic mass is 10.2. The van der Waals surface area contributed by atoms with E-state index in [1.165, 1.54) is 25.3 Å². The second-order valence-corrected chi connectivity index (χ2v) is 4.03. The molecule has 3 nitrogen and oxygen atoms in total. The van der Waals surface area contributed by atoms with Crippen LogP contribution in [0.3, 0.4) is 0 Å². The van der Waals surface area contributed by atoms with Crippen LogP contribution >= 0.6 is 11.6 Å². The molecular weight excluding hydrogens is 257 g/mol. The molecule has 0 amide bonds. The molecule has 0 radical (unpaired) electrons. The van der Waals surface area contributed by atoms with Gasteiger partial charge in [0.25, 0.3) is 0 Å². The van der Waals surface area contributed by atoms with Gasteiger partial charge < -0.3 is 4.74 Å². The zero-order valence-electron chi connectivity index (χ0n) is 9.48. The van der Waals surface area contributed by atoms with Gasteiger partial charge in [0.1, 0.15) is 0 Å². The summed E-state index contributed by atoms with van der Waals surface area (Å²) in [6.07, 6.45) is 1.47. The fraction of sp³-hybridized carbons (Fsp3) is 0.0769. The normalized spacial score (nSPS) is 10.2. The van der Waals surface area contributed by atoms with Gasteiger partial charge in [-0.2, -0.15) is 0 Å². The molecule has 1 aromatic carbocycles. The van der Waals surface area contributed by atoms with Gasteiger partial charge in [0.2, 0.25) is 5.88 Å². The van der Waals surface area contributed by atoms with Gasteiger partial charge in [-0.15, -0.1) is 0 Å². The van der Waals surface area contributed by atoms with Gasteiger partial charge in [-0.3, -0.25) is 4.79 Å². The van der Waals surface area contributed by atoms with Gasteiger partial charge in [0.05, 0.1) is 5.56 Å². The van der Waals surface area contributed by atoms with E-state index in [0.29, 0.717) is 5.56 Å². The van der Waals surface area contributed by atoms with Crippen molar-refractivity contribution in [1.82, 2.24) is 4.98 Å². The first-order valence-electron chi connectivity index (χ1n) is 5.17. The number of carbonyl (C=O) groups is 1. The molecule has 0 saturated heterocycles. The Morgan fingerprint density at radius 1 is 1.39 bits per heavy atom. The van der Waals surface area contributed by atoms with Gasteiger partial charge >= 0.3 is 0 Å². The topological polar surface area (TPSA) is 39.2 Å². The first kappa shape index (κ1) is 12.5. The average Bonchev–Trinajstić information content (AvgIpc) is 2.33. The van der Waals surface area contributed by atoms with E-state index in [-0.39, 0.29) is 22.4 Å². The van der Waals surface area contributed by atoms with E-state index in [2.05, 4.69) is 4.98 Å². The number of hydrogen-bond acceptors (Lipinski definition) is 3. The highest BCUT2D eigenvalue weighted by Gasteiger charge is 2.12. The maximum absolute atomic E-state index is 13.5. The average molecular weight is 266 g/mol. The zero-order valence-corrected chi connectivity index (χ0v) is 10.2. The summed E-state index contributed by atoms with van der Waals surface area (Å²) in [5.41, 5.74) is 0.298. The van der Waals surface area contributed by atoms with E-state index < -0.39 is 5.82 Å². The molecule has 2 rings (SSSR count). The Hall–Kier alpha value is -1.94. The molecular formula is C13H9ClFNO2. The Balaban J connectivity index is 2.37. The molecule has 5 heteroatoms. The van der Waals surface area contributed by atoms with Crippen LogP contribution in [0.1, 0.15) is 17.3 Å². The van der Waals surface area contributed by atoms with Crippen molar-refractivity contribution >= 4 is 17.4 Å². The van der Waals surface area contributed by atoms with Crippen LogP contribution in [-0.4, -0.2) is 10.8 Å². The summed E-state index contributed by atoms with van der Waals surface area (Å²) in [5.74, 6) is -0.762. The minimum absolute atomic E-state index is 0.0272. The largest absolute Gasteiger partial charge is 0.435 e. The van der Waals surface area contributed by atoms with Crippen LogP contribution < -0.4 is 4.74 Å². The molecule has 0 aliphatic carbocycles. The Morgan fingerprint density at radius 2 is 2.17 bits per heavy atom. The maximum atomic E-state index is 13.5. The monoisotopic (exact) mass is 265 g/mol. The van der Waals surface area contributed by atoms with Crippen LogP contribution in [0.15, 0.2) is 36.5 Å². The summed E-state index contributed by atoms with van der Waals surface area (Å²) < 4.78 is 18.8. The highest BCUT2D eigenvalue weighted by molar-refractivity contribution is 6.30. The van der Waals surface area contributed by atoms with Crippen molar-refractivity contribution in [3.05, 3.63) is 52.9 Å². The molecule has 2 aromatic rings. The third-order valence-electron chi connectivity index (χ3n) is 2.25. The van der Waals surface area contributed by atoms with Crippen molar-refractivity contribution in [3.63, 3.8) is 0 Å². The Bertz CT molecular complexity index is 601. The number of aromatic nitrogens is 1. The van der Waals surface area contributed by atoms with Crippen LogP contribution in [0.4, 0.5) is 4.39 Å². The molecule has 0 bridgehead atoms. The van der Waals surface area contributed by atoms with Crippen molar-refractivity contribution in [2.75, 3.05) is 0 Å². The predicted octanol–water partition coefficient (Wildman–Crippen LogP) is 3.87. The molecule has 92 valence electrons. The standard InChI is InChI=1S/C13H9ClFNO2/c1-8(17)10-3-2-6-16-13(10)18-12-5-4-9(14)7-11(12)15/h2-7H,1H3. The van der Waals surface area contributed by atoms with E-state index in [0.717, 1.165) is 6.07 Å². The molecule has 0 aliphatic heterocycles. The number of carbonyl (C=O) groups excluding carboxylic acids is 1. The van der Waals surface area contributed by atoms with Crippen LogP contribution in [0, 0.1) is 5.82 Å². The highest BCUT2D eigenvalue weighted by Crippen LogP contribution is 2.27. The van der Waals surface area contributed by atoms with Gasteiger partial charge in [0, 0.05) is 11.2 Å². The molecule has 18 heavy (non-hydrogen) atoms. The molecule has 1 heterocycles. The predicted molar refractivity (Wildman–Crippen MR) is 65.7 cm³/mol. The number of Topliss-reactive ketones (excluding diaryl/α,β-unsaturated/α-hetero) is 1. The quantitative estimate of drug-likeness (QED) is 0.791. The molecule has 0 saturated carbocycles. The second-order valence-electron chi connectivity index (χ2n) is 3.59. The lowest BCUT2D eigenvalue weighted by Crippen LogP contribution is -1.99. The minimum Gasteiger partial charge on any atom is -0.435 e. The number of nitrogens with zero attached hydrogens (tertiary/aromatic N) is 1. The third kappa shape index (κ3) is 2.65. The number of pyridine rings is 1. The summed E-state index contributed by atoms with van der Waals surface area (Å²) in [6, 6.07) is 7.19. The zero-order chi connectivity index (χ0) is 13.1. The summed E-state index contributed by atoms with van der Waals surface area (Å²) in [5, 5.41) is 0.271. The Kier molecular flexibility index (Phi) is 3.58. The van der Waals surface area contributed by atoms with Crippen molar-refractivity contribution in [3.8, 4) is 11.6 Å². The van der Waals surface area contributed by atoms with Gasteiger partial charge in [-0.1, -0.05) is 11.6 Å². The fourth-order valence-electron chi connectivity index (χ4n) is 1.40. The van der Waals surface area contributed by atoms with E-state index in [9.17, 15) is 9.18 Å². The van der Waals surface area contributed by atoms with Crippen molar-refractivity contribution < 1.29 is 13.9 Å². The molecule has 0 fully saturated rings. The number of hydrogen-bond donors (Lipinski definition) is 0. The third-order valence-corrected chi connectivity index (χ3v) is 2.49. The fourth-order valence-corrected chi connectivity index (χ4v) is 1.56. The number of halogens is 2. The minimum atomic E-state index is -0.609. The second kappa shape index (κ2) is 5.14. The molecule has 0 unspecified atom stereocenters. The van der Waals surface area contributed by atoms with Crippen LogP contribution in [-0.2, 0) is 0 Å². The number of ether oxygens (including phenoxy) is 1. The summed E-state index contributed by atoms with van der Waals surface area (Å²) >= 11 is 5.64. The number of ketones is 1. The van der Waals surface area contributed by atoms with Crippen LogP contribution in [0.2, 0.25) is 5.02 Å². The van der Waals surface area contributed by atoms with Crippen LogP contribution in [0.25, 0.3) is 0 Å². The van der Waals surface area contributed by atoms with Crippen molar-refractivity contribution in [2.45, 2.75) is 6.92 Å². The first-order valence-corrected chi connectivity index (χ1v) is 5.54. The molecule has 1 aromatic heterocycles. The van der Waals surface area contributed by atoms with E-state index in [4.69, 9.17) is 16.3 Å². The smallest absolute Gasteiger partial charge is 0.230 e. The lowest BCUT2D eigenvalue weighted by molar-refractivity contribution is 0.101. The van der Waals surface area contributed by atoms with Gasteiger partial charge in [0.15, 0.2) is 17.3 Å².